The van der Waals surface area contributed by atoms with Crippen LogP contribution >= 0.6 is 11.3 Å². The van der Waals surface area contributed by atoms with E-state index in [1.54, 1.807) is 0 Å². The molecule has 8 aromatic carbocycles. The van der Waals surface area contributed by atoms with Crippen LogP contribution in [0, 0.1) is 0 Å². The van der Waals surface area contributed by atoms with Gasteiger partial charge in [0.05, 0.1) is 17.9 Å². The van der Waals surface area contributed by atoms with Gasteiger partial charge in [-0.2, -0.15) is 0 Å². The SMILES string of the molecule is [2H]c1c([2H])c([2H])c(-c2cc(-c3ccccc3)cc3c2sc2cccc(-c4nc(-c5ccccc5)nc(-c5ccc(-n6c7ccccc7c7ccccc76)cc5)n4)c23)c([2H])c1[2H]. The Bertz CT molecular complexity index is 3450. The summed E-state index contributed by atoms with van der Waals surface area (Å²) in [7, 11) is 0. The van der Waals surface area contributed by atoms with Crippen LogP contribution in [0.2, 0.25) is 0 Å². The van der Waals surface area contributed by atoms with Gasteiger partial charge in [0.1, 0.15) is 0 Å². The lowest BCUT2D eigenvalue weighted by Crippen LogP contribution is -2.01. The van der Waals surface area contributed by atoms with E-state index in [-0.39, 0.29) is 29.7 Å². The Hall–Kier alpha value is -7.21. The number of hydrogen-bond donors (Lipinski definition) is 0. The third-order valence-electron chi connectivity index (χ3n) is 10.3. The Morgan fingerprint density at radius 3 is 1.70 bits per heavy atom. The van der Waals surface area contributed by atoms with Crippen molar-refractivity contribution in [2.45, 2.75) is 0 Å². The molecule has 0 aliphatic heterocycles. The Morgan fingerprint density at radius 1 is 0.429 bits per heavy atom. The normalized spacial score (nSPS) is 12.8. The zero-order valence-electron chi connectivity index (χ0n) is 34.8. The molecule has 3 aromatic heterocycles. The first-order valence-corrected chi connectivity index (χ1v) is 19.2. The first-order valence-electron chi connectivity index (χ1n) is 20.9. The van der Waals surface area contributed by atoms with E-state index in [9.17, 15) is 0 Å². The van der Waals surface area contributed by atoms with Crippen LogP contribution in [0.4, 0.5) is 0 Å². The second-order valence-electron chi connectivity index (χ2n) is 13.6. The van der Waals surface area contributed by atoms with Crippen LogP contribution in [0.1, 0.15) is 6.85 Å². The fourth-order valence-electron chi connectivity index (χ4n) is 7.78. The van der Waals surface area contributed by atoms with Crippen LogP contribution in [-0.4, -0.2) is 19.5 Å². The molecule has 56 heavy (non-hydrogen) atoms. The van der Waals surface area contributed by atoms with Gasteiger partial charge in [0.2, 0.25) is 0 Å². The Balaban J connectivity index is 1.13. The van der Waals surface area contributed by atoms with Gasteiger partial charge < -0.3 is 4.57 Å². The van der Waals surface area contributed by atoms with Crippen LogP contribution in [0.25, 0.3) is 104 Å². The fraction of sp³-hybridized carbons (Fsp3) is 0. The quantitative estimate of drug-likeness (QED) is 0.171. The third kappa shape index (κ3) is 5.40. The predicted molar refractivity (Wildman–Crippen MR) is 234 cm³/mol. The van der Waals surface area contributed by atoms with Gasteiger partial charge in [-0.25, -0.2) is 15.0 Å². The van der Waals surface area contributed by atoms with Crippen molar-refractivity contribution in [3.05, 3.63) is 194 Å². The molecule has 11 rings (SSSR count). The van der Waals surface area contributed by atoms with Gasteiger partial charge >= 0.3 is 0 Å². The summed E-state index contributed by atoms with van der Waals surface area (Å²) in [6.45, 7) is 0. The highest BCUT2D eigenvalue weighted by Gasteiger charge is 2.20. The molecule has 0 aliphatic carbocycles. The molecule has 0 saturated carbocycles. The summed E-state index contributed by atoms with van der Waals surface area (Å²) in [6, 6.07) is 53.5. The smallest absolute Gasteiger partial charge is 0.164 e. The topological polar surface area (TPSA) is 43.6 Å². The van der Waals surface area contributed by atoms with Crippen LogP contribution in [-0.2, 0) is 0 Å². The van der Waals surface area contributed by atoms with Gasteiger partial charge in [0.25, 0.3) is 0 Å². The predicted octanol–water partition coefficient (Wildman–Crippen LogP) is 13.7. The molecule has 0 radical (unpaired) electrons. The Kier molecular flexibility index (Phi) is 6.49. The van der Waals surface area contributed by atoms with Crippen molar-refractivity contribution < 1.29 is 6.85 Å². The standard InChI is InChI=1S/C51H32N4S/c1-4-15-33(16-5-1)37-31-42(34-17-6-2-7-18-34)48-43(32-37)47-41(23-14-26-46(47)56-48)51-53-49(35-19-8-3-9-20-35)52-50(54-51)36-27-29-38(30-28-36)55-44-24-12-10-21-39(44)40-22-11-13-25-45(40)55/h1-32H/i2D,6D,7D,17D,18D. The Labute approximate surface area is 334 Å². The number of thiophene rings is 1. The van der Waals surface area contributed by atoms with Crippen LogP contribution in [0.5, 0.6) is 0 Å². The molecule has 0 N–H and O–H groups in total. The lowest BCUT2D eigenvalue weighted by atomic mass is 9.95. The number of nitrogens with zero attached hydrogens (tertiary/aromatic N) is 4. The van der Waals surface area contributed by atoms with Gasteiger partial charge in [0.15, 0.2) is 17.5 Å². The third-order valence-corrected chi connectivity index (χ3v) is 11.5. The minimum Gasteiger partial charge on any atom is -0.309 e. The van der Waals surface area contributed by atoms with E-state index >= 15 is 0 Å². The second kappa shape index (κ2) is 13.3. The summed E-state index contributed by atoms with van der Waals surface area (Å²) >= 11 is 1.52. The average Bonchev–Trinajstić information content (AvgIpc) is 3.87. The van der Waals surface area contributed by atoms with E-state index in [2.05, 4.69) is 83.4 Å². The highest BCUT2D eigenvalue weighted by Crippen LogP contribution is 2.46. The maximum atomic E-state index is 8.97. The maximum absolute atomic E-state index is 8.97. The first kappa shape index (κ1) is 27.4. The van der Waals surface area contributed by atoms with E-state index in [0.717, 1.165) is 64.7 Å². The van der Waals surface area contributed by atoms with Crippen molar-refractivity contribution in [1.29, 1.82) is 0 Å². The number of fused-ring (bicyclic) bond motifs is 6. The van der Waals surface area contributed by atoms with Gasteiger partial charge in [-0.05, 0) is 71.3 Å². The number of para-hydroxylation sites is 2. The average molecular weight is 738 g/mol. The second-order valence-corrected chi connectivity index (χ2v) is 14.7. The molecule has 3 heterocycles. The fourth-order valence-corrected chi connectivity index (χ4v) is 9.01. The summed E-state index contributed by atoms with van der Waals surface area (Å²) < 4.78 is 47.3. The molecule has 0 spiro atoms. The molecule has 0 aliphatic rings. The minimum absolute atomic E-state index is 0.167. The van der Waals surface area contributed by atoms with Crippen molar-refractivity contribution >= 4 is 53.3 Å². The molecule has 4 nitrogen and oxygen atoms in total. The number of benzene rings is 8. The van der Waals surface area contributed by atoms with Crippen molar-refractivity contribution in [1.82, 2.24) is 19.5 Å². The van der Waals surface area contributed by atoms with E-state index < -0.39 is 6.04 Å². The summed E-state index contributed by atoms with van der Waals surface area (Å²) in [5.74, 6) is 1.56. The lowest BCUT2D eigenvalue weighted by molar-refractivity contribution is 1.07. The van der Waals surface area contributed by atoms with E-state index in [1.165, 1.54) is 22.1 Å². The number of hydrogen-bond acceptors (Lipinski definition) is 4. The largest absolute Gasteiger partial charge is 0.309 e. The molecule has 0 amide bonds. The zero-order chi connectivity index (χ0) is 41.4. The van der Waals surface area contributed by atoms with Crippen molar-refractivity contribution in [2.75, 3.05) is 0 Å². The van der Waals surface area contributed by atoms with Gasteiger partial charge in [-0.1, -0.05) is 139 Å². The van der Waals surface area contributed by atoms with Crippen LogP contribution in [0.3, 0.4) is 0 Å². The number of rotatable bonds is 6. The zero-order valence-corrected chi connectivity index (χ0v) is 30.6. The molecular formula is C51H32N4S. The lowest BCUT2D eigenvalue weighted by Gasteiger charge is -2.12. The van der Waals surface area contributed by atoms with E-state index in [4.69, 9.17) is 21.8 Å². The van der Waals surface area contributed by atoms with Crippen molar-refractivity contribution in [3.63, 3.8) is 0 Å². The molecule has 0 fully saturated rings. The molecule has 0 atom stereocenters. The molecule has 11 aromatic rings. The Morgan fingerprint density at radius 2 is 1.02 bits per heavy atom. The summed E-state index contributed by atoms with van der Waals surface area (Å²) in [5, 5.41) is 4.18. The summed E-state index contributed by atoms with van der Waals surface area (Å²) in [5.41, 5.74) is 8.31. The maximum Gasteiger partial charge on any atom is 0.164 e. The highest BCUT2D eigenvalue weighted by atomic mass is 32.1. The van der Waals surface area contributed by atoms with Gasteiger partial charge in [-0.3, -0.25) is 0 Å². The minimum atomic E-state index is -0.422. The monoisotopic (exact) mass is 737 g/mol. The van der Waals surface area contributed by atoms with E-state index in [1.807, 2.05) is 84.9 Å². The van der Waals surface area contributed by atoms with Gasteiger partial charge in [0, 0.05) is 58.9 Å². The van der Waals surface area contributed by atoms with Gasteiger partial charge in [-0.15, -0.1) is 11.3 Å². The van der Waals surface area contributed by atoms with E-state index in [0.29, 0.717) is 23.0 Å². The summed E-state index contributed by atoms with van der Waals surface area (Å²) in [6.07, 6.45) is 0. The van der Waals surface area contributed by atoms with Crippen molar-refractivity contribution in [3.8, 4) is 62.1 Å². The molecule has 0 unspecified atom stereocenters. The molecule has 262 valence electrons. The highest BCUT2D eigenvalue weighted by molar-refractivity contribution is 7.26. The number of aromatic nitrogens is 4. The van der Waals surface area contributed by atoms with Crippen molar-refractivity contribution in [2.24, 2.45) is 0 Å². The molecule has 0 saturated heterocycles. The molecule has 5 heteroatoms. The van der Waals surface area contributed by atoms with Crippen LogP contribution < -0.4 is 0 Å². The summed E-state index contributed by atoms with van der Waals surface area (Å²) in [4.78, 5) is 15.4. The first-order chi connectivity index (χ1) is 29.8. The molecule has 0 bridgehead atoms. The van der Waals surface area contributed by atoms with Crippen LogP contribution in [0.15, 0.2) is 194 Å². The molecular weight excluding hydrogens is 701 g/mol.